The third kappa shape index (κ3) is 8.07. The lowest BCUT2D eigenvalue weighted by Crippen LogP contribution is -2.37. The minimum atomic E-state index is -1.33. The highest BCUT2D eigenvalue weighted by molar-refractivity contribution is 7.84. The second-order valence-electron chi connectivity index (χ2n) is 13.2. The monoisotopic (exact) mass is 627 g/mol. The van der Waals surface area contributed by atoms with E-state index in [1.54, 1.807) is 0 Å². The molecule has 3 heterocycles. The number of aliphatic hydroxyl groups excluding tert-OH is 1. The first kappa shape index (κ1) is 33.0. The molecule has 1 fully saturated rings. The van der Waals surface area contributed by atoms with E-state index in [4.69, 9.17) is 4.98 Å². The Labute approximate surface area is 270 Å². The lowest BCUT2D eigenvalue weighted by molar-refractivity contribution is 0.0932. The normalized spacial score (nSPS) is 19.3. The van der Waals surface area contributed by atoms with Gasteiger partial charge in [0.05, 0.1) is 23.0 Å². The van der Waals surface area contributed by atoms with Crippen LogP contribution in [0.15, 0.2) is 60.7 Å². The average Bonchev–Trinajstić information content (AvgIpc) is 3.60. The highest BCUT2D eigenvalue weighted by atomic mass is 32.2. The van der Waals surface area contributed by atoms with Crippen LogP contribution in [0, 0.1) is 11.8 Å². The number of nitrogens with one attached hydrogen (secondary N) is 1. The number of nitrogens with zero attached hydrogens (tertiary/aromatic N) is 4. The minimum absolute atomic E-state index is 0.0297. The van der Waals surface area contributed by atoms with Crippen molar-refractivity contribution in [3.05, 3.63) is 88.6 Å². The molecule has 238 valence electrons. The van der Waals surface area contributed by atoms with Gasteiger partial charge in [-0.2, -0.15) is 0 Å². The molecule has 0 radical (unpaired) electrons. The highest BCUT2D eigenvalue weighted by Crippen LogP contribution is 2.44. The molecule has 0 bridgehead atoms. The molecule has 2 aliphatic rings. The first-order valence-electron chi connectivity index (χ1n) is 15.7. The smallest absolute Gasteiger partial charge is 0.270 e. The zero-order valence-corrected chi connectivity index (χ0v) is 27.9. The molecular formula is C36H45N5O3S. The molecule has 3 unspecified atom stereocenters. The molecule has 1 saturated heterocycles. The molecule has 1 aromatic heterocycles. The molecule has 5 rings (SSSR count). The second kappa shape index (κ2) is 14.4. The van der Waals surface area contributed by atoms with Gasteiger partial charge in [-0.05, 0) is 77.0 Å². The maximum atomic E-state index is 13.8. The fraction of sp³-hybridized carbons (Fsp3) is 0.444. The summed E-state index contributed by atoms with van der Waals surface area (Å²) in [5.41, 5.74) is 5.83. The van der Waals surface area contributed by atoms with Crippen LogP contribution in [0.1, 0.15) is 72.4 Å². The van der Waals surface area contributed by atoms with Crippen molar-refractivity contribution in [2.24, 2.45) is 0 Å². The predicted molar refractivity (Wildman–Crippen MR) is 181 cm³/mol. The van der Waals surface area contributed by atoms with Gasteiger partial charge in [0.1, 0.15) is 16.7 Å². The molecule has 2 aromatic carbocycles. The molecule has 0 spiro atoms. The van der Waals surface area contributed by atoms with Gasteiger partial charge < -0.3 is 10.4 Å². The van der Waals surface area contributed by atoms with Crippen LogP contribution < -0.4 is 5.32 Å². The molecule has 2 aliphatic heterocycles. The summed E-state index contributed by atoms with van der Waals surface area (Å²) in [5, 5.41) is 13.3. The van der Waals surface area contributed by atoms with Crippen LogP contribution in [0.3, 0.4) is 0 Å². The molecule has 3 atom stereocenters. The number of pyridine rings is 1. The van der Waals surface area contributed by atoms with E-state index in [0.717, 1.165) is 48.3 Å². The number of amides is 1. The van der Waals surface area contributed by atoms with Gasteiger partial charge in [0.25, 0.3) is 5.91 Å². The number of carbonyl (C=O) groups is 1. The summed E-state index contributed by atoms with van der Waals surface area (Å²) in [7, 11) is 2.63. The van der Waals surface area contributed by atoms with Crippen LogP contribution in [-0.2, 0) is 24.1 Å². The molecule has 2 N–H and O–H groups in total. The lowest BCUT2D eigenvalue weighted by Gasteiger charge is -2.30. The molecule has 3 aromatic rings. The van der Waals surface area contributed by atoms with E-state index in [2.05, 4.69) is 46.3 Å². The van der Waals surface area contributed by atoms with E-state index < -0.39 is 15.7 Å². The predicted octanol–water partition coefficient (Wildman–Crippen LogP) is 4.37. The zero-order chi connectivity index (χ0) is 32.1. The minimum Gasteiger partial charge on any atom is -0.396 e. The summed E-state index contributed by atoms with van der Waals surface area (Å²) in [6, 6.07) is 19.9. The van der Waals surface area contributed by atoms with Crippen LogP contribution in [-0.4, -0.2) is 85.4 Å². The van der Waals surface area contributed by atoms with Crippen molar-refractivity contribution < 1.29 is 14.1 Å². The van der Waals surface area contributed by atoms with Crippen molar-refractivity contribution in [1.29, 1.82) is 0 Å². The number of hydrogen-bond donors (Lipinski definition) is 2. The molecule has 0 aliphatic carbocycles. The van der Waals surface area contributed by atoms with Gasteiger partial charge >= 0.3 is 0 Å². The summed E-state index contributed by atoms with van der Waals surface area (Å²) in [5.74, 6) is 6.23. The largest absolute Gasteiger partial charge is 0.396 e. The molecule has 0 saturated carbocycles. The van der Waals surface area contributed by atoms with Gasteiger partial charge in [-0.15, -0.1) is 0 Å². The number of benzene rings is 2. The van der Waals surface area contributed by atoms with Gasteiger partial charge in [-0.25, -0.2) is 13.5 Å². The number of fused-ring (bicyclic) bond motifs is 1. The number of hydrogen-bond acceptors (Lipinski definition) is 6. The summed E-state index contributed by atoms with van der Waals surface area (Å²) >= 11 is 0. The van der Waals surface area contributed by atoms with Gasteiger partial charge in [-0.1, -0.05) is 54.3 Å². The van der Waals surface area contributed by atoms with Crippen LogP contribution in [0.4, 0.5) is 0 Å². The first-order valence-corrected chi connectivity index (χ1v) is 16.8. The van der Waals surface area contributed by atoms with E-state index in [-0.39, 0.29) is 24.6 Å². The van der Waals surface area contributed by atoms with Gasteiger partial charge in [0.2, 0.25) is 0 Å². The van der Waals surface area contributed by atoms with Crippen LogP contribution >= 0.6 is 0 Å². The molecule has 8 nitrogen and oxygen atoms in total. The molecule has 9 heteroatoms. The lowest BCUT2D eigenvalue weighted by atomic mass is 9.95. The number of aromatic nitrogens is 1. The van der Waals surface area contributed by atoms with Crippen molar-refractivity contribution in [3.63, 3.8) is 0 Å². The Morgan fingerprint density at radius 3 is 2.62 bits per heavy atom. The maximum absolute atomic E-state index is 13.8. The second-order valence-corrected chi connectivity index (χ2v) is 15.4. The Kier molecular flexibility index (Phi) is 10.5. The summed E-state index contributed by atoms with van der Waals surface area (Å²) in [4.78, 5) is 23.1. The van der Waals surface area contributed by atoms with Crippen LogP contribution in [0.25, 0.3) is 11.3 Å². The topological polar surface area (TPSA) is 89.0 Å². The summed E-state index contributed by atoms with van der Waals surface area (Å²) in [6.07, 6.45) is 1.29. The Morgan fingerprint density at radius 1 is 1.13 bits per heavy atom. The van der Waals surface area contributed by atoms with Crippen LogP contribution in [0.5, 0.6) is 0 Å². The Morgan fingerprint density at radius 2 is 1.91 bits per heavy atom. The summed E-state index contributed by atoms with van der Waals surface area (Å²) in [6.45, 7) is 9.43. The van der Waals surface area contributed by atoms with Crippen molar-refractivity contribution in [1.82, 2.24) is 24.4 Å². The maximum Gasteiger partial charge on any atom is 0.270 e. The Hall–Kier alpha value is -3.39. The molecular weight excluding hydrogens is 582 g/mol. The van der Waals surface area contributed by atoms with E-state index >= 15 is 0 Å². The standard InChI is InChI=1S/C36H45N5O3S/c1-36(2,3)45(44)41-24-29-22-31(35(43)37-30-16-19-40(25-30)23-27-11-7-6-8-12-27)38-34(33(29)32(41)17-20-42)28-15-9-13-26(21-28)14-10-18-39(4)5/h6-9,11-13,15,21-22,30,32,42H,16-20,23-25H2,1-5H3,(H,37,43). The van der Waals surface area contributed by atoms with Gasteiger partial charge in [0.15, 0.2) is 0 Å². The third-order valence-corrected chi connectivity index (χ3v) is 10.0. The zero-order valence-electron chi connectivity index (χ0n) is 27.0. The number of aliphatic hydroxyl groups is 1. The van der Waals surface area contributed by atoms with Crippen molar-refractivity contribution in [2.75, 3.05) is 40.3 Å². The molecule has 1 amide bonds. The van der Waals surface area contributed by atoms with E-state index in [1.165, 1.54) is 5.56 Å². The molecule has 45 heavy (non-hydrogen) atoms. The van der Waals surface area contributed by atoms with Gasteiger partial charge in [-0.3, -0.25) is 14.6 Å². The fourth-order valence-electron chi connectivity index (χ4n) is 6.04. The fourth-order valence-corrected chi connectivity index (χ4v) is 7.45. The SMILES string of the molecule is CN(C)CC#Cc1cccc(-c2nc(C(=O)NC3CCN(Cc4ccccc4)C3)cc3c2C(CCO)N(S(=O)C(C)(C)C)C3)c1. The summed E-state index contributed by atoms with van der Waals surface area (Å²) < 4.78 is 15.2. The van der Waals surface area contributed by atoms with E-state index in [9.17, 15) is 14.1 Å². The van der Waals surface area contributed by atoms with E-state index in [0.29, 0.717) is 30.9 Å². The number of rotatable bonds is 9. The number of likely N-dealkylation sites (tertiary alicyclic amines) is 1. The van der Waals surface area contributed by atoms with Gasteiger partial charge in [0, 0.05) is 55.5 Å². The van der Waals surface area contributed by atoms with Crippen molar-refractivity contribution >= 4 is 16.9 Å². The van der Waals surface area contributed by atoms with E-state index in [1.807, 2.05) is 80.5 Å². The Balaban J connectivity index is 1.47. The third-order valence-electron chi connectivity index (χ3n) is 8.14. The Bertz CT molecular complexity index is 1590. The first-order chi connectivity index (χ1) is 21.5. The highest BCUT2D eigenvalue weighted by Gasteiger charge is 2.40. The number of carbonyl (C=O) groups excluding carboxylic acids is 1. The van der Waals surface area contributed by atoms with Crippen molar-refractivity contribution in [2.45, 2.75) is 63.5 Å². The van der Waals surface area contributed by atoms with Crippen LogP contribution in [0.2, 0.25) is 0 Å². The van der Waals surface area contributed by atoms with Crippen molar-refractivity contribution in [3.8, 4) is 23.1 Å². The average molecular weight is 628 g/mol. The quantitative estimate of drug-likeness (QED) is 0.343.